The number of alkyl halides is 5. The number of benzene rings is 2. The molecule has 0 N–H and O–H groups in total. The minimum absolute atomic E-state index is 0.0235. The van der Waals surface area contributed by atoms with Gasteiger partial charge in [-0.1, -0.05) is 12.1 Å². The van der Waals surface area contributed by atoms with E-state index in [9.17, 15) is 35.5 Å². The number of hydrogen-bond donors (Lipinski definition) is 0. The lowest BCUT2D eigenvalue weighted by atomic mass is 9.84. The standard InChI is InChI=1S/C22H15F7O2S/c1-10(30)31-20-19-15(9-21(20,25)26)13(5-6-17(19)32-22(27,28)29)14-4-2-3-11-7-12(23)8-16(24)18(11)14/h4-8,20H,2-3,9H2,1H3/t20-/m0/s1. The largest absolute Gasteiger partial charge is 0.451 e. The van der Waals surface area contributed by atoms with Gasteiger partial charge in [0.2, 0.25) is 0 Å². The summed E-state index contributed by atoms with van der Waals surface area (Å²) in [5.41, 5.74) is -4.71. The molecule has 170 valence electrons. The molecule has 4 rings (SSSR count). The van der Waals surface area contributed by atoms with Gasteiger partial charge in [0.05, 0.1) is 0 Å². The van der Waals surface area contributed by atoms with Gasteiger partial charge in [0, 0.05) is 35.4 Å². The molecule has 0 radical (unpaired) electrons. The van der Waals surface area contributed by atoms with Crippen LogP contribution in [0.1, 0.15) is 47.3 Å². The van der Waals surface area contributed by atoms with Crippen molar-refractivity contribution < 1.29 is 40.3 Å². The molecule has 0 amide bonds. The maximum absolute atomic E-state index is 14.8. The minimum Gasteiger partial charge on any atom is -0.451 e. The van der Waals surface area contributed by atoms with Crippen LogP contribution in [-0.2, 0) is 22.4 Å². The van der Waals surface area contributed by atoms with Gasteiger partial charge >= 0.3 is 11.5 Å². The Morgan fingerprint density at radius 1 is 1.19 bits per heavy atom. The van der Waals surface area contributed by atoms with Crippen LogP contribution in [0.3, 0.4) is 0 Å². The molecule has 2 aromatic carbocycles. The highest BCUT2D eigenvalue weighted by Crippen LogP contribution is 2.54. The van der Waals surface area contributed by atoms with Gasteiger partial charge in [0.15, 0.2) is 6.10 Å². The lowest BCUT2D eigenvalue weighted by Gasteiger charge is -2.23. The molecule has 2 aliphatic rings. The van der Waals surface area contributed by atoms with E-state index in [0.717, 1.165) is 19.1 Å². The lowest BCUT2D eigenvalue weighted by molar-refractivity contribution is -0.169. The molecule has 2 aliphatic carbocycles. The van der Waals surface area contributed by atoms with Gasteiger partial charge in [-0.05, 0) is 59.0 Å². The Morgan fingerprint density at radius 2 is 1.91 bits per heavy atom. The number of esters is 1. The topological polar surface area (TPSA) is 26.3 Å². The van der Waals surface area contributed by atoms with Gasteiger partial charge in [0.1, 0.15) is 11.6 Å². The Kier molecular flexibility index (Phi) is 5.55. The summed E-state index contributed by atoms with van der Waals surface area (Å²) in [6.07, 6.45) is -0.918. The third kappa shape index (κ3) is 4.12. The third-order valence-electron chi connectivity index (χ3n) is 5.34. The molecular weight excluding hydrogens is 461 g/mol. The zero-order valence-corrected chi connectivity index (χ0v) is 17.3. The Bertz CT molecular complexity index is 1140. The van der Waals surface area contributed by atoms with E-state index in [2.05, 4.69) is 0 Å². The summed E-state index contributed by atoms with van der Waals surface area (Å²) < 4.78 is 102. The van der Waals surface area contributed by atoms with Crippen molar-refractivity contribution in [1.82, 2.24) is 0 Å². The molecule has 0 bridgehead atoms. The molecule has 32 heavy (non-hydrogen) atoms. The predicted molar refractivity (Wildman–Crippen MR) is 103 cm³/mol. The van der Waals surface area contributed by atoms with Crippen LogP contribution in [0.25, 0.3) is 5.57 Å². The maximum Gasteiger partial charge on any atom is 0.446 e. The number of thioether (sulfide) groups is 1. The second kappa shape index (κ2) is 7.83. The Balaban J connectivity index is 1.94. The van der Waals surface area contributed by atoms with E-state index < -0.39 is 63.8 Å². The summed E-state index contributed by atoms with van der Waals surface area (Å²) in [6, 6.07) is 4.06. The zero-order valence-electron chi connectivity index (χ0n) is 16.5. The molecule has 0 unspecified atom stereocenters. The first-order valence-electron chi connectivity index (χ1n) is 9.53. The smallest absolute Gasteiger partial charge is 0.446 e. The summed E-state index contributed by atoms with van der Waals surface area (Å²) in [5.74, 6) is -6.41. The molecule has 0 aromatic heterocycles. The number of halogens is 7. The fourth-order valence-corrected chi connectivity index (χ4v) is 5.01. The van der Waals surface area contributed by atoms with Gasteiger partial charge in [-0.2, -0.15) is 13.2 Å². The number of ether oxygens (including phenoxy) is 1. The van der Waals surface area contributed by atoms with Crippen molar-refractivity contribution in [2.75, 3.05) is 0 Å². The van der Waals surface area contributed by atoms with Crippen LogP contribution in [-0.4, -0.2) is 17.4 Å². The summed E-state index contributed by atoms with van der Waals surface area (Å²) in [7, 11) is 0. The highest BCUT2D eigenvalue weighted by atomic mass is 32.2. The summed E-state index contributed by atoms with van der Waals surface area (Å²) in [5, 5.41) is 0. The molecule has 2 nitrogen and oxygen atoms in total. The van der Waals surface area contributed by atoms with E-state index in [-0.39, 0.29) is 22.3 Å². The second-order valence-electron chi connectivity index (χ2n) is 7.56. The van der Waals surface area contributed by atoms with E-state index in [1.54, 1.807) is 6.08 Å². The van der Waals surface area contributed by atoms with Crippen molar-refractivity contribution in [3.8, 4) is 0 Å². The van der Waals surface area contributed by atoms with Crippen molar-refractivity contribution in [3.63, 3.8) is 0 Å². The molecule has 1 atom stereocenters. The minimum atomic E-state index is -4.77. The van der Waals surface area contributed by atoms with Crippen LogP contribution in [0.2, 0.25) is 0 Å². The molecule has 0 spiro atoms. The quantitative estimate of drug-likeness (QED) is 0.279. The van der Waals surface area contributed by atoms with Crippen molar-refractivity contribution in [2.45, 2.75) is 48.6 Å². The van der Waals surface area contributed by atoms with Crippen LogP contribution in [0.4, 0.5) is 30.7 Å². The molecule has 0 saturated carbocycles. The first kappa shape index (κ1) is 22.7. The number of fused-ring (bicyclic) bond motifs is 2. The summed E-state index contributed by atoms with van der Waals surface area (Å²) in [4.78, 5) is 10.9. The number of allylic oxidation sites excluding steroid dienone is 1. The van der Waals surface area contributed by atoms with Gasteiger partial charge in [-0.3, -0.25) is 4.79 Å². The second-order valence-corrected chi connectivity index (χ2v) is 8.66. The van der Waals surface area contributed by atoms with E-state index >= 15 is 0 Å². The van der Waals surface area contributed by atoms with E-state index in [0.29, 0.717) is 24.5 Å². The number of carbonyl (C=O) groups is 1. The number of hydrogen-bond acceptors (Lipinski definition) is 3. The lowest BCUT2D eigenvalue weighted by Crippen LogP contribution is -2.26. The highest BCUT2D eigenvalue weighted by molar-refractivity contribution is 8.00. The van der Waals surface area contributed by atoms with Crippen LogP contribution >= 0.6 is 11.8 Å². The average Bonchev–Trinajstić information content (AvgIpc) is 2.90. The average molecular weight is 476 g/mol. The normalized spacial score (nSPS) is 19.2. The number of rotatable bonds is 3. The van der Waals surface area contributed by atoms with E-state index in [1.807, 2.05) is 0 Å². The Hall–Kier alpha value is -2.49. The Morgan fingerprint density at radius 3 is 2.56 bits per heavy atom. The van der Waals surface area contributed by atoms with Crippen molar-refractivity contribution in [3.05, 3.63) is 69.8 Å². The van der Waals surface area contributed by atoms with E-state index in [4.69, 9.17) is 4.74 Å². The fourth-order valence-electron chi connectivity index (χ4n) is 4.28. The van der Waals surface area contributed by atoms with E-state index in [1.165, 1.54) is 6.07 Å². The first-order chi connectivity index (χ1) is 14.9. The molecule has 0 saturated heterocycles. The van der Waals surface area contributed by atoms with Crippen molar-refractivity contribution >= 4 is 23.3 Å². The summed E-state index contributed by atoms with van der Waals surface area (Å²) >= 11 is -0.584. The van der Waals surface area contributed by atoms with Crippen LogP contribution in [0.15, 0.2) is 35.2 Å². The first-order valence-corrected chi connectivity index (χ1v) is 10.3. The third-order valence-corrected chi connectivity index (χ3v) is 6.15. The summed E-state index contributed by atoms with van der Waals surface area (Å²) in [6.45, 7) is 0.887. The van der Waals surface area contributed by atoms with Gasteiger partial charge < -0.3 is 4.74 Å². The SMILES string of the molecule is CC(=O)O[C@H]1c2c(SC(F)(F)F)ccc(C3=CCCc4cc(F)cc(F)c43)c2CC1(F)F. The molecule has 0 aliphatic heterocycles. The van der Waals surface area contributed by atoms with Crippen molar-refractivity contribution in [1.29, 1.82) is 0 Å². The number of carbonyl (C=O) groups excluding carboxylic acids is 1. The van der Waals surface area contributed by atoms with Crippen LogP contribution in [0, 0.1) is 11.6 Å². The molecular formula is C22H15F7O2S. The Labute approximate surface area is 182 Å². The predicted octanol–water partition coefficient (Wildman–Crippen LogP) is 6.75. The monoisotopic (exact) mass is 476 g/mol. The molecule has 10 heteroatoms. The van der Waals surface area contributed by atoms with Crippen LogP contribution in [0.5, 0.6) is 0 Å². The zero-order chi connectivity index (χ0) is 23.4. The van der Waals surface area contributed by atoms with Gasteiger partial charge in [-0.25, -0.2) is 17.6 Å². The van der Waals surface area contributed by atoms with Crippen LogP contribution < -0.4 is 0 Å². The number of aryl methyl sites for hydroxylation is 1. The van der Waals surface area contributed by atoms with Crippen molar-refractivity contribution in [2.24, 2.45) is 0 Å². The molecule has 2 aromatic rings. The maximum atomic E-state index is 14.8. The molecule has 0 heterocycles. The highest BCUT2D eigenvalue weighted by Gasteiger charge is 2.53. The molecule has 0 fully saturated rings. The van der Waals surface area contributed by atoms with Gasteiger partial charge in [0.25, 0.3) is 5.92 Å². The van der Waals surface area contributed by atoms with Gasteiger partial charge in [-0.15, -0.1) is 0 Å². The fraction of sp³-hybridized carbons (Fsp3) is 0.318.